The number of hydrogen-bond donors (Lipinski definition) is 0. The molecule has 0 unspecified atom stereocenters. The van der Waals surface area contributed by atoms with Crippen molar-refractivity contribution in [3.63, 3.8) is 0 Å². The number of nitrogens with zero attached hydrogens (tertiary/aromatic N) is 8. The molecule has 0 fully saturated rings. The summed E-state index contributed by atoms with van der Waals surface area (Å²) < 4.78 is 0. The fraction of sp³-hybridized carbons (Fsp3) is 0. The van der Waals surface area contributed by atoms with Crippen molar-refractivity contribution < 1.29 is 0 Å². The molecule has 20 aromatic rings. The fourth-order valence-electron chi connectivity index (χ4n) is 15.1. The van der Waals surface area contributed by atoms with E-state index < -0.39 is 0 Å². The monoisotopic (exact) mass is 1430 g/mol. The maximum absolute atomic E-state index is 5.28. The highest BCUT2D eigenvalue weighted by Crippen LogP contribution is 2.44. The first kappa shape index (κ1) is 67.5. The van der Waals surface area contributed by atoms with Gasteiger partial charge in [-0.1, -0.05) is 370 Å². The van der Waals surface area contributed by atoms with Gasteiger partial charge in [-0.2, -0.15) is 0 Å². The second kappa shape index (κ2) is 30.3. The summed E-state index contributed by atoms with van der Waals surface area (Å²) in [5.41, 5.74) is 25.5. The van der Waals surface area contributed by atoms with Crippen molar-refractivity contribution >= 4 is 43.4 Å². The van der Waals surface area contributed by atoms with Crippen LogP contribution in [0.3, 0.4) is 0 Å². The summed E-state index contributed by atoms with van der Waals surface area (Å²) >= 11 is 0. The predicted molar refractivity (Wildman–Crippen MR) is 461 cm³/mol. The van der Waals surface area contributed by atoms with Gasteiger partial charge in [0.15, 0.2) is 34.9 Å². The minimum Gasteiger partial charge on any atom is -0.247 e. The highest BCUT2D eigenvalue weighted by molar-refractivity contribution is 6.19. The van der Waals surface area contributed by atoms with E-state index in [0.717, 1.165) is 133 Å². The maximum atomic E-state index is 5.28. The zero-order valence-corrected chi connectivity index (χ0v) is 60.8. The zero-order chi connectivity index (χ0) is 74.5. The Morgan fingerprint density at radius 3 is 0.679 bits per heavy atom. The van der Waals surface area contributed by atoms with Crippen molar-refractivity contribution in [3.8, 4) is 158 Å². The second-order valence-electron chi connectivity index (χ2n) is 27.7. The molecular formula is C104H68N8. The lowest BCUT2D eigenvalue weighted by molar-refractivity contribution is 1.07. The number of hydrogen-bond acceptors (Lipinski definition) is 8. The quantitative estimate of drug-likeness (QED) is 0.0992. The molecule has 0 atom stereocenters. The van der Waals surface area contributed by atoms with Crippen molar-refractivity contribution in [2.24, 2.45) is 0 Å². The molecule has 0 N–H and O–H groups in total. The lowest BCUT2D eigenvalue weighted by Gasteiger charge is -2.15. The van der Waals surface area contributed by atoms with Crippen LogP contribution in [0.4, 0.5) is 0 Å². The van der Waals surface area contributed by atoms with Crippen molar-refractivity contribution in [1.29, 1.82) is 0 Å². The molecule has 0 saturated carbocycles. The van der Waals surface area contributed by atoms with Crippen LogP contribution in [0, 0.1) is 0 Å². The summed E-state index contributed by atoms with van der Waals surface area (Å²) in [7, 11) is 0. The average Bonchev–Trinajstić information content (AvgIpc) is 0.743. The molecule has 8 nitrogen and oxygen atoms in total. The van der Waals surface area contributed by atoms with Gasteiger partial charge in [-0.15, -0.1) is 0 Å². The number of pyridine rings is 2. The Morgan fingerprint density at radius 2 is 0.348 bits per heavy atom. The Bertz CT molecular complexity index is 6700. The van der Waals surface area contributed by atoms with Gasteiger partial charge in [0, 0.05) is 76.8 Å². The van der Waals surface area contributed by atoms with Crippen molar-refractivity contribution in [1.82, 2.24) is 39.9 Å². The fourth-order valence-corrected chi connectivity index (χ4v) is 15.1. The molecule has 0 aliphatic carbocycles. The summed E-state index contributed by atoms with van der Waals surface area (Å²) in [6.07, 6.45) is 0. The van der Waals surface area contributed by atoms with Crippen LogP contribution < -0.4 is 0 Å². The summed E-state index contributed by atoms with van der Waals surface area (Å²) in [6.45, 7) is 0. The first-order valence-electron chi connectivity index (χ1n) is 37.6. The van der Waals surface area contributed by atoms with Crippen LogP contribution in [0.1, 0.15) is 0 Å². The normalized spacial score (nSPS) is 11.2. The first-order valence-corrected chi connectivity index (χ1v) is 37.6. The van der Waals surface area contributed by atoms with Gasteiger partial charge in [-0.3, -0.25) is 0 Å². The van der Waals surface area contributed by atoms with Crippen molar-refractivity contribution in [3.05, 3.63) is 413 Å². The summed E-state index contributed by atoms with van der Waals surface area (Å²) in [4.78, 5) is 40.1. The van der Waals surface area contributed by atoms with E-state index in [4.69, 9.17) is 39.9 Å². The molecule has 0 spiro atoms. The highest BCUT2D eigenvalue weighted by atomic mass is 15.0. The lowest BCUT2D eigenvalue weighted by atomic mass is 9.91. The minimum absolute atomic E-state index is 0.633. The van der Waals surface area contributed by atoms with E-state index in [0.29, 0.717) is 34.9 Å². The Hall–Kier alpha value is -15.1. The minimum atomic E-state index is 0.633. The van der Waals surface area contributed by atoms with Gasteiger partial charge in [-0.05, 0) is 109 Å². The van der Waals surface area contributed by atoms with Gasteiger partial charge in [0.2, 0.25) is 0 Å². The van der Waals surface area contributed by atoms with Crippen molar-refractivity contribution in [2.75, 3.05) is 0 Å². The molecule has 0 bridgehead atoms. The van der Waals surface area contributed by atoms with Gasteiger partial charge < -0.3 is 0 Å². The van der Waals surface area contributed by atoms with E-state index >= 15 is 0 Å². The maximum Gasteiger partial charge on any atom is 0.164 e. The second-order valence-corrected chi connectivity index (χ2v) is 27.7. The van der Waals surface area contributed by atoms with Gasteiger partial charge in [0.05, 0.1) is 22.4 Å². The molecule has 4 aromatic heterocycles. The molecule has 112 heavy (non-hydrogen) atoms. The van der Waals surface area contributed by atoms with Crippen LogP contribution in [0.5, 0.6) is 0 Å². The van der Waals surface area contributed by atoms with Gasteiger partial charge in [-0.25, -0.2) is 39.9 Å². The Labute approximate surface area is 649 Å². The lowest BCUT2D eigenvalue weighted by Crippen LogP contribution is -2.00. The third kappa shape index (κ3) is 13.7. The van der Waals surface area contributed by atoms with Gasteiger partial charge >= 0.3 is 0 Å². The molecule has 524 valence electrons. The number of rotatable bonds is 14. The molecule has 0 amide bonds. The molecule has 0 aliphatic heterocycles. The van der Waals surface area contributed by atoms with Crippen LogP contribution >= 0.6 is 0 Å². The van der Waals surface area contributed by atoms with Gasteiger partial charge in [0.1, 0.15) is 0 Å². The molecular weight excluding hydrogens is 1360 g/mol. The summed E-state index contributed by atoms with van der Waals surface area (Å²) in [6, 6.07) is 144. The molecule has 0 radical (unpaired) electrons. The van der Waals surface area contributed by atoms with E-state index in [9.17, 15) is 0 Å². The van der Waals surface area contributed by atoms with Crippen LogP contribution in [0.15, 0.2) is 413 Å². The van der Waals surface area contributed by atoms with E-state index in [1.807, 2.05) is 121 Å². The SMILES string of the molecule is c1ccc(-c2nc(-c3ccccc3)nc(-c3ccc(-c4cccc(-c5ccc6nc(-c7ccccc7)c7cccc(-c8ccccc8)c7c6c5)c4)cc3)n2)cc1.c1ccc(-c2nc(-c3ccccc3)nc(-c3cccc(-c4cccc(-c5ccc6nc(-c7ccccc7)c7cccc(-c8ccccc8)c7c6c5)c4)c3)n2)cc1. The van der Waals surface area contributed by atoms with Gasteiger partial charge in [0.25, 0.3) is 0 Å². The number of aromatic nitrogens is 8. The Balaban J connectivity index is 0.000000151. The van der Waals surface area contributed by atoms with E-state index in [-0.39, 0.29) is 0 Å². The molecule has 0 saturated heterocycles. The Kier molecular flexibility index (Phi) is 18.2. The third-order valence-electron chi connectivity index (χ3n) is 20.6. The van der Waals surface area contributed by atoms with E-state index in [1.54, 1.807) is 0 Å². The first-order chi connectivity index (χ1) is 55.5. The number of fused-ring (bicyclic) bond motifs is 6. The topological polar surface area (TPSA) is 103 Å². The predicted octanol–water partition coefficient (Wildman–Crippen LogP) is 26.5. The van der Waals surface area contributed by atoms with Crippen LogP contribution in [0.2, 0.25) is 0 Å². The smallest absolute Gasteiger partial charge is 0.164 e. The van der Waals surface area contributed by atoms with Crippen LogP contribution in [-0.4, -0.2) is 39.9 Å². The number of benzene rings is 16. The summed E-state index contributed by atoms with van der Waals surface area (Å²) in [5, 5.41) is 6.95. The zero-order valence-electron chi connectivity index (χ0n) is 60.8. The van der Waals surface area contributed by atoms with Crippen LogP contribution in [-0.2, 0) is 0 Å². The molecule has 0 aliphatic rings. The highest BCUT2D eigenvalue weighted by Gasteiger charge is 2.21. The standard InChI is InChI=1S/2C52H34N4/c1-5-16-35(17-6-1)44-28-15-29-45-48(44)46-34-42(30-31-47(46)53-49(45)36-18-7-2-8-19-36)40-25-13-24-39(32-40)41-26-14-27-43(33-41)52-55-50(37-20-9-3-10-21-37)54-51(56-52)38-22-11-4-12-23-38;1-5-15-36(16-6-1)44-25-14-26-45-48(44)46-34-43(31-32-47(46)53-49(45)37-17-7-2-8-18-37)42-24-13-23-41(33-42)35-27-29-40(30-28-35)52-55-50(38-19-9-3-10-20-38)54-51(56-52)39-21-11-4-12-22-39/h2*1-34H. The molecule has 4 heterocycles. The molecule has 16 aromatic carbocycles. The average molecular weight is 1430 g/mol. The molecule has 8 heteroatoms. The van der Waals surface area contributed by atoms with Crippen LogP contribution in [0.25, 0.3) is 201 Å². The summed E-state index contributed by atoms with van der Waals surface area (Å²) in [5.74, 6) is 3.86. The van der Waals surface area contributed by atoms with Crippen molar-refractivity contribution in [2.45, 2.75) is 0 Å². The Morgan fingerprint density at radius 1 is 0.125 bits per heavy atom. The van der Waals surface area contributed by atoms with E-state index in [1.165, 1.54) is 33.0 Å². The largest absolute Gasteiger partial charge is 0.247 e. The molecule has 20 rings (SSSR count). The van der Waals surface area contributed by atoms with E-state index in [2.05, 4.69) is 291 Å². The third-order valence-corrected chi connectivity index (χ3v) is 20.6.